The molecule has 0 aliphatic carbocycles. The molecule has 0 radical (unpaired) electrons. The molecule has 0 spiro atoms. The summed E-state index contributed by atoms with van der Waals surface area (Å²) in [5.74, 6) is 5.32. The summed E-state index contributed by atoms with van der Waals surface area (Å²) in [6.45, 7) is 5.01. The van der Waals surface area contributed by atoms with E-state index in [1.54, 1.807) is 0 Å². The van der Waals surface area contributed by atoms with Crippen molar-refractivity contribution in [1.82, 2.24) is 5.43 Å². The lowest BCUT2D eigenvalue weighted by atomic mass is 9.94. The lowest BCUT2D eigenvalue weighted by Gasteiger charge is -2.34. The lowest BCUT2D eigenvalue weighted by molar-refractivity contribution is -0.0628. The van der Waals surface area contributed by atoms with Crippen molar-refractivity contribution in [3.8, 4) is 0 Å². The van der Waals surface area contributed by atoms with Gasteiger partial charge in [-0.2, -0.15) is 0 Å². The highest BCUT2D eigenvalue weighted by atomic mass is 16.5. The monoisotopic (exact) mass is 144 g/mol. The van der Waals surface area contributed by atoms with Crippen molar-refractivity contribution < 1.29 is 4.74 Å². The van der Waals surface area contributed by atoms with Crippen molar-refractivity contribution in [2.75, 3.05) is 6.61 Å². The van der Waals surface area contributed by atoms with Gasteiger partial charge >= 0.3 is 0 Å². The van der Waals surface area contributed by atoms with Gasteiger partial charge in [-0.15, -0.1) is 0 Å². The third-order valence-corrected chi connectivity index (χ3v) is 1.93. The van der Waals surface area contributed by atoms with Crippen molar-refractivity contribution in [2.24, 2.45) is 5.84 Å². The Balaban J connectivity index is 2.40. The number of nitrogens with one attached hydrogen (secondary N) is 1. The molecule has 1 aliphatic rings. The number of ether oxygens (including phenoxy) is 1. The first-order valence-electron chi connectivity index (χ1n) is 3.74. The van der Waals surface area contributed by atoms with Crippen LogP contribution in [-0.4, -0.2) is 18.2 Å². The minimum Gasteiger partial charge on any atom is -0.375 e. The molecular formula is C7H16N2O. The summed E-state index contributed by atoms with van der Waals surface area (Å²) < 4.78 is 5.50. The topological polar surface area (TPSA) is 47.3 Å². The minimum absolute atomic E-state index is 0.00921. The van der Waals surface area contributed by atoms with Crippen LogP contribution in [0.1, 0.15) is 26.7 Å². The van der Waals surface area contributed by atoms with E-state index in [0.717, 1.165) is 19.4 Å². The fourth-order valence-electron chi connectivity index (χ4n) is 1.37. The zero-order chi connectivity index (χ0) is 7.61. The number of nitrogens with two attached hydrogens (primary N) is 1. The molecule has 1 aliphatic heterocycles. The summed E-state index contributed by atoms with van der Waals surface area (Å²) in [6, 6.07) is 0.434. The second-order valence-electron chi connectivity index (χ2n) is 3.46. The molecule has 0 aromatic rings. The molecule has 1 fully saturated rings. The second-order valence-corrected chi connectivity index (χ2v) is 3.46. The Bertz CT molecular complexity index is 114. The summed E-state index contributed by atoms with van der Waals surface area (Å²) in [5, 5.41) is 0. The molecule has 3 nitrogen and oxygen atoms in total. The molecule has 60 valence electrons. The molecule has 3 N–H and O–H groups in total. The van der Waals surface area contributed by atoms with Gasteiger partial charge in [-0.1, -0.05) is 0 Å². The van der Waals surface area contributed by atoms with Crippen molar-refractivity contribution >= 4 is 0 Å². The maximum atomic E-state index is 5.50. The highest BCUT2D eigenvalue weighted by molar-refractivity contribution is 4.81. The Morgan fingerprint density at radius 3 is 2.70 bits per heavy atom. The fourth-order valence-corrected chi connectivity index (χ4v) is 1.37. The summed E-state index contributed by atoms with van der Waals surface area (Å²) in [6.07, 6.45) is 2.03. The molecule has 0 bridgehead atoms. The molecule has 0 saturated carbocycles. The smallest absolute Gasteiger partial charge is 0.0641 e. The van der Waals surface area contributed by atoms with Gasteiger partial charge in [0.15, 0.2) is 0 Å². The molecule has 1 rings (SSSR count). The van der Waals surface area contributed by atoms with E-state index in [-0.39, 0.29) is 5.60 Å². The maximum absolute atomic E-state index is 5.50. The third-order valence-electron chi connectivity index (χ3n) is 1.93. The van der Waals surface area contributed by atoms with Gasteiger partial charge in [0, 0.05) is 12.6 Å². The van der Waals surface area contributed by atoms with Gasteiger partial charge in [-0.05, 0) is 26.7 Å². The Labute approximate surface area is 61.9 Å². The molecule has 1 heterocycles. The van der Waals surface area contributed by atoms with Crippen LogP contribution in [0.25, 0.3) is 0 Å². The molecule has 1 saturated heterocycles. The van der Waals surface area contributed by atoms with E-state index in [9.17, 15) is 0 Å². The van der Waals surface area contributed by atoms with E-state index in [2.05, 4.69) is 19.3 Å². The van der Waals surface area contributed by atoms with Crippen LogP contribution >= 0.6 is 0 Å². The predicted molar refractivity (Wildman–Crippen MR) is 40.4 cm³/mol. The van der Waals surface area contributed by atoms with E-state index in [0.29, 0.717) is 6.04 Å². The van der Waals surface area contributed by atoms with Gasteiger partial charge in [0.2, 0.25) is 0 Å². The van der Waals surface area contributed by atoms with Gasteiger partial charge in [-0.25, -0.2) is 0 Å². The van der Waals surface area contributed by atoms with E-state index >= 15 is 0 Å². The third kappa shape index (κ3) is 1.94. The quantitative estimate of drug-likeness (QED) is 0.414. The number of hydrazine groups is 1. The summed E-state index contributed by atoms with van der Waals surface area (Å²) in [7, 11) is 0. The van der Waals surface area contributed by atoms with Gasteiger partial charge in [-0.3, -0.25) is 11.3 Å². The average Bonchev–Trinajstić information content (AvgIpc) is 1.86. The normalized spacial score (nSPS) is 32.1. The minimum atomic E-state index is 0.00921. The van der Waals surface area contributed by atoms with Crippen LogP contribution in [0.15, 0.2) is 0 Å². The van der Waals surface area contributed by atoms with Crippen LogP contribution in [0.3, 0.4) is 0 Å². The molecular weight excluding hydrogens is 128 g/mol. The molecule has 0 aromatic carbocycles. The summed E-state index contributed by atoms with van der Waals surface area (Å²) in [5.41, 5.74) is 2.79. The van der Waals surface area contributed by atoms with E-state index in [1.807, 2.05) is 0 Å². The lowest BCUT2D eigenvalue weighted by Crippen LogP contribution is -2.46. The fraction of sp³-hybridized carbons (Fsp3) is 1.00. The van der Waals surface area contributed by atoms with Gasteiger partial charge < -0.3 is 4.74 Å². The van der Waals surface area contributed by atoms with Crippen LogP contribution in [0.2, 0.25) is 0 Å². The Hall–Kier alpha value is -0.120. The Morgan fingerprint density at radius 2 is 2.30 bits per heavy atom. The molecule has 3 heteroatoms. The first-order chi connectivity index (χ1) is 4.64. The largest absolute Gasteiger partial charge is 0.375 e. The van der Waals surface area contributed by atoms with Crippen LogP contribution in [0, 0.1) is 0 Å². The highest BCUT2D eigenvalue weighted by Gasteiger charge is 2.27. The number of hydrogen-bond acceptors (Lipinski definition) is 3. The van der Waals surface area contributed by atoms with Gasteiger partial charge in [0.25, 0.3) is 0 Å². The van der Waals surface area contributed by atoms with Crippen LogP contribution in [-0.2, 0) is 4.74 Å². The second kappa shape index (κ2) is 2.86. The highest BCUT2D eigenvalue weighted by Crippen LogP contribution is 2.23. The van der Waals surface area contributed by atoms with E-state index < -0.39 is 0 Å². The van der Waals surface area contributed by atoms with Crippen molar-refractivity contribution in [2.45, 2.75) is 38.3 Å². The van der Waals surface area contributed by atoms with E-state index in [1.165, 1.54) is 0 Å². The summed E-state index contributed by atoms with van der Waals surface area (Å²) >= 11 is 0. The summed E-state index contributed by atoms with van der Waals surface area (Å²) in [4.78, 5) is 0. The number of hydrogen-bond donors (Lipinski definition) is 2. The van der Waals surface area contributed by atoms with Crippen molar-refractivity contribution in [3.63, 3.8) is 0 Å². The number of rotatable bonds is 1. The predicted octanol–water partition coefficient (Wildman–Crippen LogP) is 0.407. The Kier molecular flexibility index (Phi) is 2.28. The van der Waals surface area contributed by atoms with Gasteiger partial charge in [0.1, 0.15) is 0 Å². The molecule has 1 atom stereocenters. The van der Waals surface area contributed by atoms with Gasteiger partial charge in [0.05, 0.1) is 5.60 Å². The average molecular weight is 144 g/mol. The first-order valence-corrected chi connectivity index (χ1v) is 3.74. The standard InChI is InChI=1S/C7H16N2O/c1-7(2)5-6(9-8)3-4-10-7/h6,9H,3-5,8H2,1-2H3/t6-/m0/s1. The van der Waals surface area contributed by atoms with E-state index in [4.69, 9.17) is 10.6 Å². The zero-order valence-electron chi connectivity index (χ0n) is 6.68. The molecule has 0 amide bonds. The first kappa shape index (κ1) is 7.98. The zero-order valence-corrected chi connectivity index (χ0v) is 6.68. The van der Waals surface area contributed by atoms with Crippen molar-refractivity contribution in [3.05, 3.63) is 0 Å². The van der Waals surface area contributed by atoms with Crippen LogP contribution in [0.4, 0.5) is 0 Å². The molecule has 10 heavy (non-hydrogen) atoms. The Morgan fingerprint density at radius 1 is 1.60 bits per heavy atom. The SMILES string of the molecule is CC1(C)C[C@@H](NN)CCO1. The van der Waals surface area contributed by atoms with Crippen LogP contribution < -0.4 is 11.3 Å². The van der Waals surface area contributed by atoms with Crippen molar-refractivity contribution in [1.29, 1.82) is 0 Å². The maximum Gasteiger partial charge on any atom is 0.0641 e. The molecule has 0 aromatic heterocycles. The van der Waals surface area contributed by atoms with Crippen LogP contribution in [0.5, 0.6) is 0 Å². The molecule has 0 unspecified atom stereocenters.